The molecule has 0 spiro atoms. The van der Waals surface area contributed by atoms with Crippen molar-refractivity contribution in [1.82, 2.24) is 4.98 Å². The van der Waals surface area contributed by atoms with E-state index in [9.17, 15) is 10.1 Å². The minimum atomic E-state index is -0.462. The number of aromatic nitrogens is 1. The van der Waals surface area contributed by atoms with Gasteiger partial charge in [0.15, 0.2) is 0 Å². The number of nitro groups is 1. The summed E-state index contributed by atoms with van der Waals surface area (Å²) in [6, 6.07) is 10.7. The first kappa shape index (κ1) is 13.8. The minimum Gasteiger partial charge on any atom is -0.492 e. The summed E-state index contributed by atoms with van der Waals surface area (Å²) in [5.74, 6) is 1.03. The molecule has 0 aliphatic heterocycles. The van der Waals surface area contributed by atoms with Crippen LogP contribution >= 0.6 is 0 Å². The molecule has 6 heteroatoms. The van der Waals surface area contributed by atoms with Crippen molar-refractivity contribution in [2.24, 2.45) is 0 Å². The van der Waals surface area contributed by atoms with Crippen LogP contribution in [0, 0.1) is 17.0 Å². The highest BCUT2D eigenvalue weighted by molar-refractivity contribution is 5.54. The Balaban J connectivity index is 1.84. The van der Waals surface area contributed by atoms with Gasteiger partial charge in [0.05, 0.1) is 11.5 Å². The molecule has 0 atom stereocenters. The van der Waals surface area contributed by atoms with Crippen LogP contribution in [-0.2, 0) is 0 Å². The second kappa shape index (κ2) is 6.51. The molecule has 2 rings (SSSR count). The van der Waals surface area contributed by atoms with Crippen LogP contribution in [0.25, 0.3) is 0 Å². The van der Waals surface area contributed by atoms with Crippen LogP contribution in [0.4, 0.5) is 11.5 Å². The summed E-state index contributed by atoms with van der Waals surface area (Å²) in [6.45, 7) is 2.84. The van der Waals surface area contributed by atoms with Gasteiger partial charge in [-0.2, -0.15) is 0 Å². The zero-order valence-corrected chi connectivity index (χ0v) is 11.1. The Hall–Kier alpha value is -2.63. The first-order chi connectivity index (χ1) is 9.66. The first-order valence-corrected chi connectivity index (χ1v) is 6.19. The fourth-order valence-electron chi connectivity index (χ4n) is 1.65. The molecule has 0 unspecified atom stereocenters. The fourth-order valence-corrected chi connectivity index (χ4v) is 1.65. The van der Waals surface area contributed by atoms with Crippen molar-refractivity contribution in [2.75, 3.05) is 18.5 Å². The third-order valence-electron chi connectivity index (χ3n) is 2.67. The molecule has 1 N–H and O–H groups in total. The molecule has 0 bridgehead atoms. The highest BCUT2D eigenvalue weighted by Crippen LogP contribution is 2.19. The molecule has 1 heterocycles. The molecule has 0 saturated carbocycles. The monoisotopic (exact) mass is 273 g/mol. The van der Waals surface area contributed by atoms with E-state index in [2.05, 4.69) is 10.3 Å². The zero-order chi connectivity index (χ0) is 14.4. The van der Waals surface area contributed by atoms with Gasteiger partial charge in [0.2, 0.25) is 5.82 Å². The van der Waals surface area contributed by atoms with Gasteiger partial charge >= 0.3 is 5.69 Å². The number of hydrogen-bond donors (Lipinski definition) is 1. The van der Waals surface area contributed by atoms with Crippen LogP contribution in [0.5, 0.6) is 5.75 Å². The number of aryl methyl sites for hydroxylation is 1. The molecule has 104 valence electrons. The third-order valence-corrected chi connectivity index (χ3v) is 2.67. The Morgan fingerprint density at radius 3 is 2.75 bits per heavy atom. The van der Waals surface area contributed by atoms with Gasteiger partial charge in [0.25, 0.3) is 0 Å². The van der Waals surface area contributed by atoms with Gasteiger partial charge in [-0.3, -0.25) is 10.1 Å². The standard InChI is InChI=1S/C14H15N3O3/c1-11-4-6-12(7-5-11)20-10-9-16-14-13(17(18)19)3-2-8-15-14/h2-8H,9-10H2,1H3,(H,15,16). The highest BCUT2D eigenvalue weighted by Gasteiger charge is 2.12. The van der Waals surface area contributed by atoms with E-state index in [4.69, 9.17) is 4.74 Å². The molecular formula is C14H15N3O3. The largest absolute Gasteiger partial charge is 0.492 e. The van der Waals surface area contributed by atoms with Crippen molar-refractivity contribution in [3.05, 3.63) is 58.3 Å². The van der Waals surface area contributed by atoms with Crippen molar-refractivity contribution in [3.8, 4) is 5.75 Å². The van der Waals surface area contributed by atoms with E-state index in [0.29, 0.717) is 13.2 Å². The molecule has 0 aliphatic carbocycles. The van der Waals surface area contributed by atoms with E-state index in [0.717, 1.165) is 5.75 Å². The summed E-state index contributed by atoms with van der Waals surface area (Å²) < 4.78 is 5.52. The van der Waals surface area contributed by atoms with Gasteiger partial charge in [-0.1, -0.05) is 17.7 Å². The van der Waals surface area contributed by atoms with Gasteiger partial charge in [-0.15, -0.1) is 0 Å². The summed E-state index contributed by atoms with van der Waals surface area (Å²) in [5.41, 5.74) is 1.13. The van der Waals surface area contributed by atoms with Crippen molar-refractivity contribution in [3.63, 3.8) is 0 Å². The summed E-state index contributed by atoms with van der Waals surface area (Å²) in [4.78, 5) is 14.3. The lowest BCUT2D eigenvalue weighted by Gasteiger charge is -2.08. The Morgan fingerprint density at radius 1 is 1.30 bits per heavy atom. The van der Waals surface area contributed by atoms with Crippen molar-refractivity contribution in [1.29, 1.82) is 0 Å². The third kappa shape index (κ3) is 3.68. The normalized spacial score (nSPS) is 10.1. The molecule has 0 aliphatic rings. The van der Waals surface area contributed by atoms with Crippen molar-refractivity contribution in [2.45, 2.75) is 6.92 Å². The van der Waals surface area contributed by atoms with Crippen molar-refractivity contribution >= 4 is 11.5 Å². The fraction of sp³-hybridized carbons (Fsp3) is 0.214. The minimum absolute atomic E-state index is 0.0390. The average molecular weight is 273 g/mol. The van der Waals surface area contributed by atoms with Gasteiger partial charge in [-0.25, -0.2) is 4.98 Å². The second-order valence-corrected chi connectivity index (χ2v) is 4.22. The van der Waals surface area contributed by atoms with E-state index >= 15 is 0 Å². The average Bonchev–Trinajstić information content (AvgIpc) is 2.46. The highest BCUT2D eigenvalue weighted by atomic mass is 16.6. The molecule has 2 aromatic rings. The van der Waals surface area contributed by atoms with E-state index in [1.165, 1.54) is 23.9 Å². The number of ether oxygens (including phenoxy) is 1. The van der Waals surface area contributed by atoms with Crippen molar-refractivity contribution < 1.29 is 9.66 Å². The maximum Gasteiger partial charge on any atom is 0.311 e. The van der Waals surface area contributed by atoms with E-state index in [1.807, 2.05) is 31.2 Å². The Bertz CT molecular complexity index is 584. The number of nitrogens with zero attached hydrogens (tertiary/aromatic N) is 2. The van der Waals surface area contributed by atoms with E-state index < -0.39 is 4.92 Å². The van der Waals surface area contributed by atoms with Gasteiger partial charge in [0.1, 0.15) is 12.4 Å². The van der Waals surface area contributed by atoms with Crippen LogP contribution in [0.2, 0.25) is 0 Å². The lowest BCUT2D eigenvalue weighted by molar-refractivity contribution is -0.384. The van der Waals surface area contributed by atoms with Crippen LogP contribution < -0.4 is 10.1 Å². The van der Waals surface area contributed by atoms with E-state index in [1.54, 1.807) is 0 Å². The maximum atomic E-state index is 10.8. The Morgan fingerprint density at radius 2 is 2.05 bits per heavy atom. The quantitative estimate of drug-likeness (QED) is 0.497. The molecule has 0 amide bonds. The molecule has 20 heavy (non-hydrogen) atoms. The second-order valence-electron chi connectivity index (χ2n) is 4.22. The molecule has 0 saturated heterocycles. The predicted octanol–water partition coefficient (Wildman–Crippen LogP) is 2.79. The Labute approximate surface area is 116 Å². The van der Waals surface area contributed by atoms with Gasteiger partial charge in [0, 0.05) is 12.3 Å². The van der Waals surface area contributed by atoms with Crippen LogP contribution in [-0.4, -0.2) is 23.1 Å². The lowest BCUT2D eigenvalue weighted by atomic mass is 10.2. The zero-order valence-electron chi connectivity index (χ0n) is 11.1. The summed E-state index contributed by atoms with van der Waals surface area (Å²) >= 11 is 0. The van der Waals surface area contributed by atoms with Crippen LogP contribution in [0.15, 0.2) is 42.6 Å². The maximum absolute atomic E-state index is 10.8. The summed E-state index contributed by atoms with van der Waals surface area (Å²) in [5, 5.41) is 13.7. The van der Waals surface area contributed by atoms with Gasteiger partial charge < -0.3 is 10.1 Å². The SMILES string of the molecule is Cc1ccc(OCCNc2ncccc2[N+](=O)[O-])cc1. The van der Waals surface area contributed by atoms with Crippen LogP contribution in [0.3, 0.4) is 0 Å². The van der Waals surface area contributed by atoms with Gasteiger partial charge in [-0.05, 0) is 25.1 Å². The number of anilines is 1. The number of rotatable bonds is 6. The molecular weight excluding hydrogens is 258 g/mol. The number of hydrogen-bond acceptors (Lipinski definition) is 5. The first-order valence-electron chi connectivity index (χ1n) is 6.19. The predicted molar refractivity (Wildman–Crippen MR) is 76.1 cm³/mol. The summed E-state index contributed by atoms with van der Waals surface area (Å²) in [6.07, 6.45) is 1.51. The molecule has 0 fully saturated rings. The molecule has 1 aromatic carbocycles. The smallest absolute Gasteiger partial charge is 0.311 e. The number of benzene rings is 1. The molecule has 1 aromatic heterocycles. The van der Waals surface area contributed by atoms with E-state index in [-0.39, 0.29) is 11.5 Å². The number of nitrogens with one attached hydrogen (secondary N) is 1. The topological polar surface area (TPSA) is 77.3 Å². The molecule has 6 nitrogen and oxygen atoms in total. The lowest BCUT2D eigenvalue weighted by Crippen LogP contribution is -2.13. The molecule has 0 radical (unpaired) electrons. The Kier molecular flexibility index (Phi) is 4.49. The van der Waals surface area contributed by atoms with Crippen LogP contribution in [0.1, 0.15) is 5.56 Å². The summed E-state index contributed by atoms with van der Waals surface area (Å²) in [7, 11) is 0. The number of pyridine rings is 1.